The summed E-state index contributed by atoms with van der Waals surface area (Å²) in [5, 5.41) is 5.18. The van der Waals surface area contributed by atoms with Gasteiger partial charge < -0.3 is 16.4 Å². The Morgan fingerprint density at radius 1 is 1.10 bits per heavy atom. The van der Waals surface area contributed by atoms with Crippen molar-refractivity contribution in [3.63, 3.8) is 0 Å². The van der Waals surface area contributed by atoms with Crippen molar-refractivity contribution in [2.24, 2.45) is 5.73 Å². The molecule has 0 radical (unpaired) electrons. The molecule has 0 bridgehead atoms. The first-order valence-electron chi connectivity index (χ1n) is 6.27. The van der Waals surface area contributed by atoms with Crippen LogP contribution in [0.5, 0.6) is 0 Å². The van der Waals surface area contributed by atoms with E-state index in [0.29, 0.717) is 0 Å². The number of anilines is 1. The minimum atomic E-state index is -0.491. The van der Waals surface area contributed by atoms with Crippen LogP contribution in [0.2, 0.25) is 0 Å². The summed E-state index contributed by atoms with van der Waals surface area (Å²) in [4.78, 5) is 11.9. The number of rotatable bonds is 4. The molecule has 2 amide bonds. The molecule has 1 unspecified atom stereocenters. The predicted molar refractivity (Wildman–Crippen MR) is 76.8 cm³/mol. The lowest BCUT2D eigenvalue weighted by Gasteiger charge is -2.17. The van der Waals surface area contributed by atoms with Crippen molar-refractivity contribution < 1.29 is 9.18 Å². The van der Waals surface area contributed by atoms with Crippen molar-refractivity contribution >= 4 is 11.7 Å². The average Bonchev–Trinajstić information content (AvgIpc) is 2.48. The summed E-state index contributed by atoms with van der Waals surface area (Å²) in [5.74, 6) is -0.480. The zero-order valence-electron chi connectivity index (χ0n) is 10.8. The molecule has 0 saturated heterocycles. The highest BCUT2D eigenvalue weighted by Gasteiger charge is 2.13. The number of nitrogens with two attached hydrogens (primary N) is 1. The van der Waals surface area contributed by atoms with Crippen LogP contribution < -0.4 is 16.4 Å². The van der Waals surface area contributed by atoms with Crippen molar-refractivity contribution in [2.45, 2.75) is 6.04 Å². The van der Waals surface area contributed by atoms with Crippen LogP contribution in [-0.4, -0.2) is 12.6 Å². The molecule has 104 valence electrons. The van der Waals surface area contributed by atoms with Crippen molar-refractivity contribution in [2.75, 3.05) is 11.9 Å². The van der Waals surface area contributed by atoms with Crippen LogP contribution in [0.4, 0.5) is 14.9 Å². The molecule has 5 heteroatoms. The second-order valence-corrected chi connectivity index (χ2v) is 4.28. The first-order valence-corrected chi connectivity index (χ1v) is 6.27. The van der Waals surface area contributed by atoms with Gasteiger partial charge >= 0.3 is 6.03 Å². The number of benzene rings is 2. The van der Waals surface area contributed by atoms with Gasteiger partial charge in [0.15, 0.2) is 0 Å². The first-order chi connectivity index (χ1) is 9.70. The van der Waals surface area contributed by atoms with E-state index < -0.39 is 11.8 Å². The number of nitrogens with one attached hydrogen (secondary N) is 2. The van der Waals surface area contributed by atoms with Crippen molar-refractivity contribution in [1.82, 2.24) is 5.32 Å². The number of para-hydroxylation sites is 1. The van der Waals surface area contributed by atoms with Crippen LogP contribution in [0.3, 0.4) is 0 Å². The minimum Gasteiger partial charge on any atom is -0.330 e. The third-order valence-electron chi connectivity index (χ3n) is 2.87. The lowest BCUT2D eigenvalue weighted by Crippen LogP contribution is -2.36. The largest absolute Gasteiger partial charge is 0.330 e. The molecule has 0 spiro atoms. The highest BCUT2D eigenvalue weighted by molar-refractivity contribution is 5.89. The molecule has 0 fully saturated rings. The van der Waals surface area contributed by atoms with Gasteiger partial charge in [0.25, 0.3) is 0 Å². The summed E-state index contributed by atoms with van der Waals surface area (Å²) in [5.41, 5.74) is 6.69. The lowest BCUT2D eigenvalue weighted by molar-refractivity contribution is 0.248. The molecule has 0 aliphatic heterocycles. The van der Waals surface area contributed by atoms with E-state index in [2.05, 4.69) is 10.6 Å². The highest BCUT2D eigenvalue weighted by atomic mass is 19.1. The van der Waals surface area contributed by atoms with Gasteiger partial charge in [-0.15, -0.1) is 0 Å². The highest BCUT2D eigenvalue weighted by Crippen LogP contribution is 2.14. The van der Waals surface area contributed by atoms with Crippen LogP contribution in [0.1, 0.15) is 11.6 Å². The fourth-order valence-electron chi connectivity index (χ4n) is 1.84. The molecule has 4 N–H and O–H groups in total. The predicted octanol–water partition coefficient (Wildman–Crippen LogP) is 2.65. The maximum Gasteiger partial charge on any atom is 0.319 e. The lowest BCUT2D eigenvalue weighted by atomic mass is 10.1. The van der Waals surface area contributed by atoms with E-state index in [4.69, 9.17) is 5.73 Å². The van der Waals surface area contributed by atoms with E-state index in [1.165, 1.54) is 12.1 Å². The maximum atomic E-state index is 13.4. The molecule has 2 aromatic carbocycles. The zero-order valence-corrected chi connectivity index (χ0v) is 10.8. The summed E-state index contributed by atoms with van der Waals surface area (Å²) in [7, 11) is 0. The van der Waals surface area contributed by atoms with E-state index in [1.807, 2.05) is 30.3 Å². The SMILES string of the molecule is NCC(NC(=O)Nc1ccccc1F)c1ccccc1. The Bertz CT molecular complexity index is 574. The second-order valence-electron chi connectivity index (χ2n) is 4.28. The van der Waals surface area contributed by atoms with Crippen molar-refractivity contribution in [3.05, 3.63) is 66.0 Å². The number of hydrogen-bond acceptors (Lipinski definition) is 2. The van der Waals surface area contributed by atoms with Gasteiger partial charge in [0.1, 0.15) is 5.82 Å². The molecule has 0 aliphatic rings. The fourth-order valence-corrected chi connectivity index (χ4v) is 1.84. The van der Waals surface area contributed by atoms with Crippen LogP contribution in [-0.2, 0) is 0 Å². The quantitative estimate of drug-likeness (QED) is 0.801. The third kappa shape index (κ3) is 3.55. The van der Waals surface area contributed by atoms with E-state index in [-0.39, 0.29) is 18.3 Å². The average molecular weight is 273 g/mol. The normalized spacial score (nSPS) is 11.7. The van der Waals surface area contributed by atoms with E-state index in [0.717, 1.165) is 5.56 Å². The van der Waals surface area contributed by atoms with E-state index >= 15 is 0 Å². The summed E-state index contributed by atoms with van der Waals surface area (Å²) in [6, 6.07) is 14.6. The van der Waals surface area contributed by atoms with Gasteiger partial charge in [-0.2, -0.15) is 0 Å². The van der Waals surface area contributed by atoms with Gasteiger partial charge in [0.2, 0.25) is 0 Å². The third-order valence-corrected chi connectivity index (χ3v) is 2.87. The molecule has 0 aromatic heterocycles. The molecule has 2 aromatic rings. The Hall–Kier alpha value is -2.40. The minimum absolute atomic E-state index is 0.133. The van der Waals surface area contributed by atoms with E-state index in [9.17, 15) is 9.18 Å². The van der Waals surface area contributed by atoms with Crippen molar-refractivity contribution in [1.29, 1.82) is 0 Å². The molecule has 2 rings (SSSR count). The number of carbonyl (C=O) groups is 1. The standard InChI is InChI=1S/C15H16FN3O/c16-12-8-4-5-9-13(12)18-15(20)19-14(10-17)11-6-2-1-3-7-11/h1-9,14H,10,17H2,(H2,18,19,20). The number of urea groups is 1. The topological polar surface area (TPSA) is 67.1 Å². The smallest absolute Gasteiger partial charge is 0.319 e. The van der Waals surface area contributed by atoms with Gasteiger partial charge in [0.05, 0.1) is 11.7 Å². The molecule has 4 nitrogen and oxygen atoms in total. The Labute approximate surface area is 116 Å². The zero-order chi connectivity index (χ0) is 14.4. The Kier molecular flexibility index (Phi) is 4.68. The number of amides is 2. The molecule has 0 saturated carbocycles. The number of carbonyl (C=O) groups excluding carboxylic acids is 1. The number of hydrogen-bond donors (Lipinski definition) is 3. The molecule has 20 heavy (non-hydrogen) atoms. The number of halogens is 1. The molecular formula is C15H16FN3O. The van der Waals surface area contributed by atoms with Crippen LogP contribution in [0.25, 0.3) is 0 Å². The maximum absolute atomic E-state index is 13.4. The van der Waals surface area contributed by atoms with Gasteiger partial charge in [-0.1, -0.05) is 42.5 Å². The Morgan fingerprint density at radius 2 is 1.75 bits per heavy atom. The molecular weight excluding hydrogens is 257 g/mol. The summed E-state index contributed by atoms with van der Waals surface area (Å²) < 4.78 is 13.4. The molecule has 0 heterocycles. The molecule has 0 aliphatic carbocycles. The van der Waals surface area contributed by atoms with Crippen LogP contribution in [0.15, 0.2) is 54.6 Å². The van der Waals surface area contributed by atoms with Gasteiger partial charge in [-0.05, 0) is 17.7 Å². The van der Waals surface area contributed by atoms with Crippen LogP contribution >= 0.6 is 0 Å². The first kappa shape index (κ1) is 14.0. The van der Waals surface area contributed by atoms with Crippen LogP contribution in [0, 0.1) is 5.82 Å². The molecule has 1 atom stereocenters. The van der Waals surface area contributed by atoms with Gasteiger partial charge in [-0.25, -0.2) is 9.18 Å². The second kappa shape index (κ2) is 6.68. The summed E-state index contributed by atoms with van der Waals surface area (Å²) in [6.45, 7) is 0.259. The van der Waals surface area contributed by atoms with Gasteiger partial charge in [-0.3, -0.25) is 0 Å². The summed E-state index contributed by atoms with van der Waals surface area (Å²) in [6.07, 6.45) is 0. The monoisotopic (exact) mass is 273 g/mol. The Morgan fingerprint density at radius 3 is 2.40 bits per heavy atom. The van der Waals surface area contributed by atoms with Gasteiger partial charge in [0, 0.05) is 6.54 Å². The fraction of sp³-hybridized carbons (Fsp3) is 0.133. The van der Waals surface area contributed by atoms with E-state index in [1.54, 1.807) is 12.1 Å². The summed E-state index contributed by atoms with van der Waals surface area (Å²) >= 11 is 0. The van der Waals surface area contributed by atoms with Crippen molar-refractivity contribution in [3.8, 4) is 0 Å². The Balaban J connectivity index is 2.02.